The zero-order valence-corrected chi connectivity index (χ0v) is 17.6. The molecule has 0 aromatic rings. The maximum Gasteiger partial charge on any atom is 0.339 e. The molecule has 154 valence electrons. The van der Waals surface area contributed by atoms with Crippen molar-refractivity contribution in [2.24, 2.45) is 28.6 Å². The molecular weight excluding hydrogens is 376 g/mol. The Kier molecular flexibility index (Phi) is 4.83. The van der Waals surface area contributed by atoms with Gasteiger partial charge in [0, 0.05) is 16.7 Å². The quantitative estimate of drug-likeness (QED) is 0.554. The summed E-state index contributed by atoms with van der Waals surface area (Å²) < 4.78 is 5.32. The molecule has 0 aliphatic heterocycles. The Labute approximate surface area is 170 Å². The molecule has 0 amide bonds. The van der Waals surface area contributed by atoms with Crippen molar-refractivity contribution in [2.45, 2.75) is 57.7 Å². The fourth-order valence-electron chi connectivity index (χ4n) is 6.90. The third-order valence-corrected chi connectivity index (χ3v) is 8.65. The lowest BCUT2D eigenvalue weighted by Crippen LogP contribution is -2.61. The highest BCUT2D eigenvalue weighted by molar-refractivity contribution is 7.98. The molecule has 0 aromatic heterocycles. The van der Waals surface area contributed by atoms with Crippen LogP contribution in [0.15, 0.2) is 23.8 Å². The van der Waals surface area contributed by atoms with E-state index in [1.807, 2.05) is 19.3 Å². The lowest BCUT2D eigenvalue weighted by atomic mass is 9.46. The summed E-state index contributed by atoms with van der Waals surface area (Å²) in [6.07, 6.45) is 9.74. The van der Waals surface area contributed by atoms with Gasteiger partial charge in [0.1, 0.15) is 5.94 Å². The molecule has 0 bridgehead atoms. The molecule has 6 heteroatoms. The zero-order valence-electron chi connectivity index (χ0n) is 16.8. The van der Waals surface area contributed by atoms with Crippen molar-refractivity contribution in [3.05, 3.63) is 23.8 Å². The second kappa shape index (κ2) is 6.71. The first-order chi connectivity index (χ1) is 13.2. The molecule has 0 aromatic carbocycles. The van der Waals surface area contributed by atoms with Crippen LogP contribution in [0, 0.1) is 28.6 Å². The van der Waals surface area contributed by atoms with E-state index in [4.69, 9.17) is 4.74 Å². The molecule has 5 nitrogen and oxygen atoms in total. The number of thioether (sulfide) groups is 1. The molecular formula is C22H30O5S. The van der Waals surface area contributed by atoms with Crippen molar-refractivity contribution in [2.75, 3.05) is 12.2 Å². The van der Waals surface area contributed by atoms with E-state index in [0.29, 0.717) is 12.8 Å². The third-order valence-electron chi connectivity index (χ3n) is 8.29. The number of aliphatic hydroxyl groups is 2. The number of carbonyl (C=O) groups is 2. The van der Waals surface area contributed by atoms with Crippen molar-refractivity contribution in [1.29, 1.82) is 0 Å². The van der Waals surface area contributed by atoms with Crippen LogP contribution >= 0.6 is 11.8 Å². The second-order valence-electron chi connectivity index (χ2n) is 9.45. The summed E-state index contributed by atoms with van der Waals surface area (Å²) in [5.41, 5.74) is -1.47. The standard InChI is InChI=1S/C22H30O5S/c1-20-8-6-14(23)10-13(20)4-5-15-16-7-9-22(26,19(25)27-12-28-3)21(16,2)11-17(24)18(15)20/h6,8,10,15-18,24,26H,4-5,7,9,11-12H2,1-3H3/t15-,16-,17-,18+,20-,21-,22-/m0/s1. The summed E-state index contributed by atoms with van der Waals surface area (Å²) in [5.74, 6) is 0.0468. The SMILES string of the molecule is CSCOC(=O)[C@@]1(O)CC[C@H]2[C@@H]3CCC4=CC(=O)C=C[C@]4(C)[C@H]3[C@@H](O)C[C@@]21C. The number of ether oxygens (including phenoxy) is 1. The van der Waals surface area contributed by atoms with Crippen molar-refractivity contribution < 1.29 is 24.5 Å². The number of ketones is 1. The van der Waals surface area contributed by atoms with Gasteiger partial charge in [0.25, 0.3) is 0 Å². The van der Waals surface area contributed by atoms with Gasteiger partial charge < -0.3 is 14.9 Å². The van der Waals surface area contributed by atoms with Gasteiger partial charge in [-0.15, -0.1) is 11.8 Å². The van der Waals surface area contributed by atoms with Crippen molar-refractivity contribution in [3.8, 4) is 0 Å². The Hall–Kier alpha value is -1.11. The number of rotatable bonds is 3. The number of fused-ring (bicyclic) bond motifs is 5. The maximum atomic E-state index is 12.8. The lowest BCUT2D eigenvalue weighted by molar-refractivity contribution is -0.195. The van der Waals surface area contributed by atoms with Gasteiger partial charge in [-0.25, -0.2) is 4.79 Å². The Morgan fingerprint density at radius 2 is 2.11 bits per heavy atom. The van der Waals surface area contributed by atoms with Gasteiger partial charge >= 0.3 is 5.97 Å². The number of allylic oxidation sites excluding steroid dienone is 4. The van der Waals surface area contributed by atoms with Crippen LogP contribution in [-0.2, 0) is 14.3 Å². The minimum Gasteiger partial charge on any atom is -0.452 e. The van der Waals surface area contributed by atoms with Crippen LogP contribution in [0.2, 0.25) is 0 Å². The van der Waals surface area contributed by atoms with Gasteiger partial charge in [0.15, 0.2) is 11.4 Å². The average Bonchev–Trinajstić information content (AvgIpc) is 2.92. The summed E-state index contributed by atoms with van der Waals surface area (Å²) in [6.45, 7) is 4.08. The van der Waals surface area contributed by atoms with Crippen LogP contribution in [0.4, 0.5) is 0 Å². The molecule has 4 rings (SSSR count). The Bertz CT molecular complexity index is 760. The molecule has 4 aliphatic carbocycles. The fourth-order valence-corrected chi connectivity index (χ4v) is 7.12. The van der Waals surface area contributed by atoms with Crippen LogP contribution in [-0.4, -0.2) is 45.9 Å². The minimum absolute atomic E-state index is 0.000470. The number of carbonyl (C=O) groups excluding carboxylic acids is 2. The van der Waals surface area contributed by atoms with Crippen LogP contribution < -0.4 is 0 Å². The van der Waals surface area contributed by atoms with E-state index < -0.39 is 23.1 Å². The summed E-state index contributed by atoms with van der Waals surface area (Å²) >= 11 is 1.40. The van der Waals surface area contributed by atoms with Gasteiger partial charge in [-0.05, 0) is 62.3 Å². The monoisotopic (exact) mass is 406 g/mol. The van der Waals surface area contributed by atoms with E-state index in [1.165, 1.54) is 11.8 Å². The van der Waals surface area contributed by atoms with Crippen LogP contribution in [0.3, 0.4) is 0 Å². The van der Waals surface area contributed by atoms with Gasteiger partial charge in [-0.1, -0.05) is 25.5 Å². The largest absolute Gasteiger partial charge is 0.452 e. The van der Waals surface area contributed by atoms with Gasteiger partial charge in [0.2, 0.25) is 0 Å². The molecule has 3 fully saturated rings. The second-order valence-corrected chi connectivity index (χ2v) is 10.3. The molecule has 2 N–H and O–H groups in total. The van der Waals surface area contributed by atoms with E-state index in [9.17, 15) is 19.8 Å². The molecule has 0 heterocycles. The van der Waals surface area contributed by atoms with Crippen molar-refractivity contribution in [3.63, 3.8) is 0 Å². The highest BCUT2D eigenvalue weighted by Gasteiger charge is 2.68. The zero-order chi connectivity index (χ0) is 20.3. The number of aliphatic hydroxyl groups excluding tert-OH is 1. The van der Waals surface area contributed by atoms with Gasteiger partial charge in [-0.2, -0.15) is 0 Å². The predicted molar refractivity (Wildman–Crippen MR) is 107 cm³/mol. The van der Waals surface area contributed by atoms with E-state index in [-0.39, 0.29) is 34.9 Å². The fraction of sp³-hybridized carbons (Fsp3) is 0.727. The molecule has 4 aliphatic rings. The van der Waals surface area contributed by atoms with Crippen LogP contribution in [0.25, 0.3) is 0 Å². The summed E-state index contributed by atoms with van der Waals surface area (Å²) in [7, 11) is 0. The van der Waals surface area contributed by atoms with E-state index >= 15 is 0 Å². The molecule has 28 heavy (non-hydrogen) atoms. The summed E-state index contributed by atoms with van der Waals surface area (Å²) in [4.78, 5) is 24.6. The first-order valence-electron chi connectivity index (χ1n) is 10.2. The molecule has 0 saturated heterocycles. The number of esters is 1. The summed E-state index contributed by atoms with van der Waals surface area (Å²) in [6, 6.07) is 0. The number of hydrogen-bond acceptors (Lipinski definition) is 6. The molecule has 3 saturated carbocycles. The van der Waals surface area contributed by atoms with Crippen LogP contribution in [0.5, 0.6) is 0 Å². The van der Waals surface area contributed by atoms with Crippen molar-refractivity contribution in [1.82, 2.24) is 0 Å². The topological polar surface area (TPSA) is 83.8 Å². The van der Waals surface area contributed by atoms with Crippen molar-refractivity contribution >= 4 is 23.5 Å². The molecule has 0 radical (unpaired) electrons. The average molecular weight is 407 g/mol. The minimum atomic E-state index is -1.55. The Morgan fingerprint density at radius 1 is 1.36 bits per heavy atom. The van der Waals surface area contributed by atoms with E-state index in [1.54, 1.807) is 12.2 Å². The first-order valence-corrected chi connectivity index (χ1v) is 11.6. The summed E-state index contributed by atoms with van der Waals surface area (Å²) in [5, 5.41) is 22.7. The molecule has 0 unspecified atom stereocenters. The Balaban J connectivity index is 1.68. The van der Waals surface area contributed by atoms with Crippen LogP contribution in [0.1, 0.15) is 46.0 Å². The maximum absolute atomic E-state index is 12.8. The molecule has 0 spiro atoms. The highest BCUT2D eigenvalue weighted by atomic mass is 32.2. The predicted octanol–water partition coefficient (Wildman–Crippen LogP) is 2.86. The van der Waals surface area contributed by atoms with Gasteiger partial charge in [0.05, 0.1) is 6.10 Å². The molecule has 7 atom stereocenters. The number of hydrogen-bond donors (Lipinski definition) is 2. The lowest BCUT2D eigenvalue weighted by Gasteiger charge is -2.59. The first kappa shape index (κ1) is 20.2. The smallest absolute Gasteiger partial charge is 0.339 e. The Morgan fingerprint density at radius 3 is 2.82 bits per heavy atom. The third kappa shape index (κ3) is 2.60. The normalized spacial score (nSPS) is 47.0. The van der Waals surface area contributed by atoms with Gasteiger partial charge in [-0.3, -0.25) is 4.79 Å². The highest BCUT2D eigenvalue weighted by Crippen LogP contribution is 2.67. The van der Waals surface area contributed by atoms with E-state index in [0.717, 1.165) is 24.8 Å². The van der Waals surface area contributed by atoms with E-state index in [2.05, 4.69) is 6.92 Å².